The number of hydrogen-bond donors (Lipinski definition) is 1. The highest BCUT2D eigenvalue weighted by Gasteiger charge is 2.31. The van der Waals surface area contributed by atoms with Crippen molar-refractivity contribution in [2.45, 2.75) is 50.9 Å². The van der Waals surface area contributed by atoms with E-state index >= 15 is 0 Å². The normalized spacial score (nSPS) is 26.6. The summed E-state index contributed by atoms with van der Waals surface area (Å²) >= 11 is 0. The third kappa shape index (κ3) is 3.40. The number of piperidine rings is 1. The molecule has 3 nitrogen and oxygen atoms in total. The maximum absolute atomic E-state index is 5.20. The fourth-order valence-corrected chi connectivity index (χ4v) is 3.67. The van der Waals surface area contributed by atoms with Crippen LogP contribution in [0.15, 0.2) is 24.3 Å². The molecule has 2 fully saturated rings. The van der Waals surface area contributed by atoms with Crippen LogP contribution in [0.5, 0.6) is 0 Å². The summed E-state index contributed by atoms with van der Waals surface area (Å²) in [6.45, 7) is 4.30. The van der Waals surface area contributed by atoms with Crippen LogP contribution in [0, 0.1) is 0 Å². The van der Waals surface area contributed by atoms with Gasteiger partial charge < -0.3 is 15.0 Å². The Balaban J connectivity index is 1.50. The molecule has 0 amide bonds. The molecule has 0 saturated carbocycles. The summed E-state index contributed by atoms with van der Waals surface area (Å²) in [6.07, 6.45) is 5.43. The van der Waals surface area contributed by atoms with E-state index in [1.807, 2.05) is 0 Å². The van der Waals surface area contributed by atoms with Crippen molar-refractivity contribution < 1.29 is 4.74 Å². The monoisotopic (exact) mass is 274 g/mol. The quantitative estimate of drug-likeness (QED) is 0.893. The first-order valence-corrected chi connectivity index (χ1v) is 7.89. The predicted molar refractivity (Wildman–Crippen MR) is 81.6 cm³/mol. The van der Waals surface area contributed by atoms with Gasteiger partial charge in [0.15, 0.2) is 0 Å². The number of nitrogens with one attached hydrogen (secondary N) is 1. The zero-order chi connectivity index (χ0) is 13.8. The molecular formula is C17H26N2O. The zero-order valence-electron chi connectivity index (χ0n) is 12.5. The molecule has 0 aromatic heterocycles. The third-order valence-electron chi connectivity index (χ3n) is 4.72. The van der Waals surface area contributed by atoms with E-state index < -0.39 is 0 Å². The average molecular weight is 274 g/mol. The van der Waals surface area contributed by atoms with Gasteiger partial charge in [-0.2, -0.15) is 0 Å². The minimum absolute atomic E-state index is 0.695. The van der Waals surface area contributed by atoms with Gasteiger partial charge in [0.05, 0.1) is 6.61 Å². The topological polar surface area (TPSA) is 24.5 Å². The van der Waals surface area contributed by atoms with Crippen molar-refractivity contribution >= 4 is 0 Å². The Morgan fingerprint density at radius 1 is 1.25 bits per heavy atom. The maximum atomic E-state index is 5.20. The smallest absolute Gasteiger partial charge is 0.0713 e. The molecular weight excluding hydrogens is 248 g/mol. The molecule has 0 spiro atoms. The highest BCUT2D eigenvalue weighted by molar-refractivity contribution is 5.23. The van der Waals surface area contributed by atoms with E-state index in [4.69, 9.17) is 4.74 Å². The molecule has 110 valence electrons. The second-order valence-electron chi connectivity index (χ2n) is 6.19. The van der Waals surface area contributed by atoms with Crippen LogP contribution in [0.4, 0.5) is 0 Å². The van der Waals surface area contributed by atoms with E-state index in [9.17, 15) is 0 Å². The Kier molecular flexibility index (Phi) is 4.71. The molecule has 0 aliphatic carbocycles. The van der Waals surface area contributed by atoms with Gasteiger partial charge in [-0.15, -0.1) is 0 Å². The highest BCUT2D eigenvalue weighted by atomic mass is 16.5. The molecule has 20 heavy (non-hydrogen) atoms. The molecule has 2 unspecified atom stereocenters. The van der Waals surface area contributed by atoms with E-state index in [1.165, 1.54) is 49.9 Å². The van der Waals surface area contributed by atoms with Gasteiger partial charge in [0.1, 0.15) is 0 Å². The summed E-state index contributed by atoms with van der Waals surface area (Å²) in [6, 6.07) is 10.3. The second-order valence-corrected chi connectivity index (χ2v) is 6.19. The average Bonchev–Trinajstić information content (AvgIpc) is 2.93. The molecule has 0 bridgehead atoms. The Bertz CT molecular complexity index is 435. The molecule has 2 atom stereocenters. The van der Waals surface area contributed by atoms with Gasteiger partial charge >= 0.3 is 0 Å². The van der Waals surface area contributed by atoms with Crippen LogP contribution in [0.1, 0.15) is 36.8 Å². The molecule has 1 N–H and O–H groups in total. The number of nitrogens with zero attached hydrogens (tertiary/aromatic N) is 1. The van der Waals surface area contributed by atoms with Crippen LogP contribution in [0.3, 0.4) is 0 Å². The van der Waals surface area contributed by atoms with Crippen molar-refractivity contribution in [1.29, 1.82) is 0 Å². The zero-order valence-corrected chi connectivity index (χ0v) is 12.5. The van der Waals surface area contributed by atoms with Crippen LogP contribution >= 0.6 is 0 Å². The standard InChI is InChI=1S/C17H26N2O/c1-20-13-15-5-2-4-14(10-15)12-18-16-7-9-19-8-3-6-17(19)11-16/h2,4-5,10,16-18H,3,6-9,11-13H2,1H3. The highest BCUT2D eigenvalue weighted by Crippen LogP contribution is 2.26. The van der Waals surface area contributed by atoms with Gasteiger partial charge in [0.25, 0.3) is 0 Å². The number of ether oxygens (including phenoxy) is 1. The van der Waals surface area contributed by atoms with Crippen molar-refractivity contribution in [2.75, 3.05) is 20.2 Å². The molecule has 0 radical (unpaired) electrons. The molecule has 2 aliphatic rings. The van der Waals surface area contributed by atoms with Gasteiger partial charge in [0, 0.05) is 25.7 Å². The lowest BCUT2D eigenvalue weighted by molar-refractivity contribution is 0.166. The van der Waals surface area contributed by atoms with Gasteiger partial charge in [-0.1, -0.05) is 24.3 Å². The van der Waals surface area contributed by atoms with Crippen molar-refractivity contribution in [2.24, 2.45) is 0 Å². The third-order valence-corrected chi connectivity index (χ3v) is 4.72. The van der Waals surface area contributed by atoms with Gasteiger partial charge in [0.2, 0.25) is 0 Å². The number of fused-ring (bicyclic) bond motifs is 1. The molecule has 1 aromatic carbocycles. The maximum Gasteiger partial charge on any atom is 0.0713 e. The lowest BCUT2D eigenvalue weighted by Crippen LogP contribution is -2.45. The van der Waals surface area contributed by atoms with Gasteiger partial charge in [-0.05, 0) is 49.9 Å². The van der Waals surface area contributed by atoms with Crippen molar-refractivity contribution in [3.63, 3.8) is 0 Å². The van der Waals surface area contributed by atoms with E-state index in [0.29, 0.717) is 12.6 Å². The summed E-state index contributed by atoms with van der Waals surface area (Å²) in [4.78, 5) is 2.68. The molecule has 1 aromatic rings. The Hall–Kier alpha value is -0.900. The molecule has 2 saturated heterocycles. The first kappa shape index (κ1) is 14.1. The largest absolute Gasteiger partial charge is 0.380 e. The van der Waals surface area contributed by atoms with Crippen LogP contribution < -0.4 is 5.32 Å². The molecule has 3 heteroatoms. The van der Waals surface area contributed by atoms with E-state index in [-0.39, 0.29) is 0 Å². The van der Waals surface area contributed by atoms with Gasteiger partial charge in [-0.3, -0.25) is 0 Å². The Morgan fingerprint density at radius 2 is 2.15 bits per heavy atom. The SMILES string of the molecule is COCc1cccc(CNC2CCN3CCCC3C2)c1. The summed E-state index contributed by atoms with van der Waals surface area (Å²) in [5, 5.41) is 3.75. The van der Waals surface area contributed by atoms with Crippen LogP contribution in [0.25, 0.3) is 0 Å². The van der Waals surface area contributed by atoms with Crippen LogP contribution in [-0.4, -0.2) is 37.2 Å². The minimum atomic E-state index is 0.695. The lowest BCUT2D eigenvalue weighted by Gasteiger charge is -2.35. The fraction of sp³-hybridized carbons (Fsp3) is 0.647. The summed E-state index contributed by atoms with van der Waals surface area (Å²) in [5.74, 6) is 0. The Morgan fingerprint density at radius 3 is 3.05 bits per heavy atom. The summed E-state index contributed by atoms with van der Waals surface area (Å²) in [7, 11) is 1.75. The first-order chi connectivity index (χ1) is 9.85. The minimum Gasteiger partial charge on any atom is -0.380 e. The predicted octanol–water partition coefficient (Wildman–Crippen LogP) is 2.55. The van der Waals surface area contributed by atoms with Crippen molar-refractivity contribution in [3.8, 4) is 0 Å². The molecule has 2 heterocycles. The van der Waals surface area contributed by atoms with E-state index in [1.54, 1.807) is 7.11 Å². The summed E-state index contributed by atoms with van der Waals surface area (Å²) < 4.78 is 5.20. The van der Waals surface area contributed by atoms with E-state index in [0.717, 1.165) is 12.6 Å². The van der Waals surface area contributed by atoms with Gasteiger partial charge in [-0.25, -0.2) is 0 Å². The Labute approximate surface area is 122 Å². The molecule has 2 aliphatic heterocycles. The fourth-order valence-electron chi connectivity index (χ4n) is 3.67. The molecule has 3 rings (SSSR count). The first-order valence-electron chi connectivity index (χ1n) is 7.89. The second kappa shape index (κ2) is 6.70. The number of hydrogen-bond acceptors (Lipinski definition) is 3. The van der Waals surface area contributed by atoms with Crippen LogP contribution in [0.2, 0.25) is 0 Å². The van der Waals surface area contributed by atoms with E-state index in [2.05, 4.69) is 34.5 Å². The lowest BCUT2D eigenvalue weighted by atomic mass is 9.97. The van der Waals surface area contributed by atoms with Crippen molar-refractivity contribution in [1.82, 2.24) is 10.2 Å². The number of rotatable bonds is 5. The number of benzene rings is 1. The van der Waals surface area contributed by atoms with Crippen LogP contribution in [-0.2, 0) is 17.9 Å². The van der Waals surface area contributed by atoms with Crippen molar-refractivity contribution in [3.05, 3.63) is 35.4 Å². The number of methoxy groups -OCH3 is 1. The summed E-state index contributed by atoms with van der Waals surface area (Å²) in [5.41, 5.74) is 2.63.